The van der Waals surface area contributed by atoms with Crippen molar-refractivity contribution in [1.29, 1.82) is 0 Å². The summed E-state index contributed by atoms with van der Waals surface area (Å²) < 4.78 is 0. The minimum absolute atomic E-state index is 0.231. The van der Waals surface area contributed by atoms with Gasteiger partial charge in [-0.1, -0.05) is 38.2 Å². The summed E-state index contributed by atoms with van der Waals surface area (Å²) >= 11 is 0. The van der Waals surface area contributed by atoms with Crippen LogP contribution in [0.15, 0.2) is 35.5 Å². The molecule has 4 nitrogen and oxygen atoms in total. The molecule has 2 N–H and O–H groups in total. The Balaban J connectivity index is 1.72. The van der Waals surface area contributed by atoms with Crippen LogP contribution < -0.4 is 0 Å². The van der Waals surface area contributed by atoms with Gasteiger partial charge in [-0.25, -0.2) is 0 Å². The van der Waals surface area contributed by atoms with Crippen molar-refractivity contribution in [2.24, 2.45) is 23.2 Å². The SMILES string of the molecule is C=C1/C(=C\C=C2CCC[C@]3(C)[C@@H]([C@H](C)CCC(=O)N(C)C)CC[C@@H]23)C[C@H](O)C[C@H]1O. The van der Waals surface area contributed by atoms with Crippen LogP contribution in [0, 0.1) is 23.2 Å². The van der Waals surface area contributed by atoms with E-state index in [4.69, 9.17) is 0 Å². The number of carbonyl (C=O) groups excluding carboxylic acids is 1. The summed E-state index contributed by atoms with van der Waals surface area (Å²) in [5.74, 6) is 2.06. The van der Waals surface area contributed by atoms with Gasteiger partial charge in [-0.05, 0) is 79.3 Å². The highest BCUT2D eigenvalue weighted by Gasteiger charge is 2.50. The van der Waals surface area contributed by atoms with Crippen molar-refractivity contribution in [1.82, 2.24) is 4.90 Å². The van der Waals surface area contributed by atoms with Crippen LogP contribution in [0.5, 0.6) is 0 Å². The Morgan fingerprint density at radius 2 is 2.03 bits per heavy atom. The Kier molecular flexibility index (Phi) is 7.29. The standard InChI is InChI=1S/C26H41NO3/c1-17(8-13-25(30)27(4)5)22-11-12-23-19(7-6-14-26(22,23)3)9-10-20-15-21(28)16-24(29)18(20)2/h9-10,17,21-24,28-29H,2,6-8,11-16H2,1,3-5H3/b19-9?,20-10-/t17-,21+,22-,23+,24-,26-/m1/s1. The molecule has 0 aromatic carbocycles. The van der Waals surface area contributed by atoms with Gasteiger partial charge in [0.05, 0.1) is 12.2 Å². The molecule has 0 aromatic heterocycles. The van der Waals surface area contributed by atoms with Gasteiger partial charge in [-0.3, -0.25) is 4.79 Å². The first-order valence-electron chi connectivity index (χ1n) is 11.8. The molecule has 4 heteroatoms. The molecule has 0 spiro atoms. The quantitative estimate of drug-likeness (QED) is 0.688. The predicted octanol–water partition coefficient (Wildman–Crippen LogP) is 4.63. The molecule has 3 aliphatic rings. The van der Waals surface area contributed by atoms with Gasteiger partial charge in [0.2, 0.25) is 5.91 Å². The zero-order valence-electron chi connectivity index (χ0n) is 19.4. The molecule has 3 rings (SSSR count). The molecule has 0 saturated heterocycles. The first kappa shape index (κ1) is 23.3. The lowest BCUT2D eigenvalue weighted by molar-refractivity contribution is -0.129. The monoisotopic (exact) mass is 415 g/mol. The zero-order chi connectivity index (χ0) is 22.1. The fraction of sp³-hybridized carbons (Fsp3) is 0.731. The minimum Gasteiger partial charge on any atom is -0.393 e. The summed E-state index contributed by atoms with van der Waals surface area (Å²) in [6, 6.07) is 0. The van der Waals surface area contributed by atoms with Crippen LogP contribution in [0.4, 0.5) is 0 Å². The molecule has 3 saturated carbocycles. The number of aliphatic hydroxyl groups is 2. The van der Waals surface area contributed by atoms with Crippen LogP contribution in [-0.4, -0.2) is 47.3 Å². The fourth-order valence-electron chi connectivity index (χ4n) is 6.46. The Hall–Kier alpha value is -1.39. The number of nitrogens with zero attached hydrogens (tertiary/aromatic N) is 1. The molecule has 168 valence electrons. The summed E-state index contributed by atoms with van der Waals surface area (Å²) in [5, 5.41) is 20.1. The van der Waals surface area contributed by atoms with Gasteiger partial charge in [0.1, 0.15) is 0 Å². The third-order valence-corrected chi connectivity index (χ3v) is 8.30. The van der Waals surface area contributed by atoms with E-state index in [1.165, 1.54) is 31.3 Å². The average Bonchev–Trinajstić information content (AvgIpc) is 3.04. The number of hydrogen-bond donors (Lipinski definition) is 2. The zero-order valence-corrected chi connectivity index (χ0v) is 19.4. The lowest BCUT2D eigenvalue weighted by atomic mass is 9.60. The van der Waals surface area contributed by atoms with E-state index in [2.05, 4.69) is 32.6 Å². The van der Waals surface area contributed by atoms with E-state index in [-0.39, 0.29) is 5.91 Å². The molecule has 1 amide bonds. The molecular formula is C26H41NO3. The lowest BCUT2D eigenvalue weighted by Gasteiger charge is -2.44. The summed E-state index contributed by atoms with van der Waals surface area (Å²) in [6.45, 7) is 8.87. The smallest absolute Gasteiger partial charge is 0.222 e. The minimum atomic E-state index is -0.628. The van der Waals surface area contributed by atoms with Crippen molar-refractivity contribution in [3.8, 4) is 0 Å². The van der Waals surface area contributed by atoms with Gasteiger partial charge in [0, 0.05) is 26.9 Å². The second-order valence-electron chi connectivity index (χ2n) is 10.5. The van der Waals surface area contributed by atoms with Gasteiger partial charge in [-0.2, -0.15) is 0 Å². The first-order valence-corrected chi connectivity index (χ1v) is 11.8. The van der Waals surface area contributed by atoms with E-state index in [0.717, 1.165) is 24.0 Å². The number of rotatable bonds is 5. The molecule has 30 heavy (non-hydrogen) atoms. The van der Waals surface area contributed by atoms with E-state index in [0.29, 0.717) is 42.4 Å². The van der Waals surface area contributed by atoms with Crippen LogP contribution in [0.1, 0.15) is 71.6 Å². The molecule has 6 atom stereocenters. The van der Waals surface area contributed by atoms with Crippen LogP contribution >= 0.6 is 0 Å². The Morgan fingerprint density at radius 1 is 1.30 bits per heavy atom. The van der Waals surface area contributed by atoms with Gasteiger partial charge >= 0.3 is 0 Å². The molecule has 3 fully saturated rings. The molecule has 0 radical (unpaired) electrons. The van der Waals surface area contributed by atoms with E-state index in [1.807, 2.05) is 14.1 Å². The van der Waals surface area contributed by atoms with Gasteiger partial charge < -0.3 is 15.1 Å². The Labute approximate surface area is 182 Å². The van der Waals surface area contributed by atoms with Crippen LogP contribution in [0.25, 0.3) is 0 Å². The van der Waals surface area contributed by atoms with Gasteiger partial charge in [-0.15, -0.1) is 0 Å². The second-order valence-corrected chi connectivity index (χ2v) is 10.5. The average molecular weight is 416 g/mol. The molecular weight excluding hydrogens is 374 g/mol. The number of hydrogen-bond acceptors (Lipinski definition) is 3. The molecule has 0 unspecified atom stereocenters. The third kappa shape index (κ3) is 4.75. The highest BCUT2D eigenvalue weighted by atomic mass is 16.3. The molecule has 0 aromatic rings. The van der Waals surface area contributed by atoms with Gasteiger partial charge in [0.15, 0.2) is 0 Å². The third-order valence-electron chi connectivity index (χ3n) is 8.30. The van der Waals surface area contributed by atoms with Crippen molar-refractivity contribution in [2.45, 2.75) is 83.8 Å². The molecule has 0 heterocycles. The summed E-state index contributed by atoms with van der Waals surface area (Å²) in [6.07, 6.45) is 12.0. The molecule has 0 aliphatic heterocycles. The first-order chi connectivity index (χ1) is 14.1. The van der Waals surface area contributed by atoms with Crippen molar-refractivity contribution >= 4 is 5.91 Å². The van der Waals surface area contributed by atoms with Crippen molar-refractivity contribution in [3.05, 3.63) is 35.5 Å². The van der Waals surface area contributed by atoms with E-state index >= 15 is 0 Å². The van der Waals surface area contributed by atoms with E-state index in [9.17, 15) is 15.0 Å². The molecule has 0 bridgehead atoms. The number of carbonyl (C=O) groups is 1. The summed E-state index contributed by atoms with van der Waals surface area (Å²) in [4.78, 5) is 13.8. The Bertz CT molecular complexity index is 722. The normalized spacial score (nSPS) is 38.0. The second kappa shape index (κ2) is 9.40. The van der Waals surface area contributed by atoms with Gasteiger partial charge in [0.25, 0.3) is 0 Å². The number of fused-ring (bicyclic) bond motifs is 1. The molecule has 3 aliphatic carbocycles. The maximum absolute atomic E-state index is 12.1. The van der Waals surface area contributed by atoms with Crippen LogP contribution in [0.3, 0.4) is 0 Å². The summed E-state index contributed by atoms with van der Waals surface area (Å²) in [7, 11) is 3.68. The number of amides is 1. The van der Waals surface area contributed by atoms with Crippen molar-refractivity contribution in [3.63, 3.8) is 0 Å². The van der Waals surface area contributed by atoms with Crippen molar-refractivity contribution < 1.29 is 15.0 Å². The van der Waals surface area contributed by atoms with Crippen LogP contribution in [-0.2, 0) is 4.79 Å². The number of allylic oxidation sites excluding steroid dienone is 3. The van der Waals surface area contributed by atoms with Crippen LogP contribution in [0.2, 0.25) is 0 Å². The maximum Gasteiger partial charge on any atom is 0.222 e. The Morgan fingerprint density at radius 3 is 2.73 bits per heavy atom. The predicted molar refractivity (Wildman–Crippen MR) is 122 cm³/mol. The fourth-order valence-corrected chi connectivity index (χ4v) is 6.46. The van der Waals surface area contributed by atoms with E-state index < -0.39 is 12.2 Å². The highest BCUT2D eigenvalue weighted by Crippen LogP contribution is 2.59. The van der Waals surface area contributed by atoms with Crippen molar-refractivity contribution in [2.75, 3.05) is 14.1 Å². The topological polar surface area (TPSA) is 60.8 Å². The maximum atomic E-state index is 12.1. The largest absolute Gasteiger partial charge is 0.393 e. The highest BCUT2D eigenvalue weighted by molar-refractivity contribution is 5.75. The summed E-state index contributed by atoms with van der Waals surface area (Å²) in [5.41, 5.74) is 3.59. The number of aliphatic hydroxyl groups excluding tert-OH is 2. The lowest BCUT2D eigenvalue weighted by Crippen LogP contribution is -2.36. The van der Waals surface area contributed by atoms with E-state index in [1.54, 1.807) is 4.90 Å².